The molecule has 154 valence electrons. The van der Waals surface area contributed by atoms with Crippen LogP contribution in [-0.4, -0.2) is 40.2 Å². The molecule has 3 heterocycles. The molecule has 0 spiro atoms. The summed E-state index contributed by atoms with van der Waals surface area (Å²) in [6, 6.07) is 14.1. The third-order valence-corrected chi connectivity index (χ3v) is 6.27. The zero-order chi connectivity index (χ0) is 20.5. The Hall–Kier alpha value is -3.10. The van der Waals surface area contributed by atoms with Gasteiger partial charge in [0.25, 0.3) is 5.19 Å². The summed E-state index contributed by atoms with van der Waals surface area (Å²) in [6.07, 6.45) is 3.05. The van der Waals surface area contributed by atoms with Gasteiger partial charge in [0.2, 0.25) is 0 Å². The van der Waals surface area contributed by atoms with E-state index >= 15 is 0 Å². The average molecular weight is 423 g/mol. The number of nitrogens with two attached hydrogens (primary N) is 1. The first kappa shape index (κ1) is 18.9. The number of hydrogen-bond acceptors (Lipinski definition) is 6. The molecule has 4 aromatic rings. The highest BCUT2D eigenvalue weighted by Crippen LogP contribution is 2.33. The number of ether oxygens (including phenoxy) is 2. The van der Waals surface area contributed by atoms with Gasteiger partial charge in [0.05, 0.1) is 10.2 Å². The standard InChI is InChI=1S/C22H22N4O3S/c23-21(27)28-16-4-3-9-26(13-16)12-14-11-24-19-10-15(7-8-17(14)19)29-22-25-18-5-1-2-6-20(18)30-22/h1-2,5-8,10-11,16,24H,3-4,9,12-13H2,(H2,23,27)/t16-/m0/s1. The molecule has 7 nitrogen and oxygen atoms in total. The van der Waals surface area contributed by atoms with Crippen LogP contribution in [-0.2, 0) is 11.3 Å². The lowest BCUT2D eigenvalue weighted by atomic mass is 10.1. The highest BCUT2D eigenvalue weighted by molar-refractivity contribution is 7.20. The number of nitrogens with one attached hydrogen (secondary N) is 1. The summed E-state index contributed by atoms with van der Waals surface area (Å²) in [5.74, 6) is 0.753. The molecule has 0 aliphatic carbocycles. The van der Waals surface area contributed by atoms with Crippen LogP contribution >= 0.6 is 11.3 Å². The number of piperidine rings is 1. The van der Waals surface area contributed by atoms with Gasteiger partial charge in [0.1, 0.15) is 11.9 Å². The molecule has 30 heavy (non-hydrogen) atoms. The lowest BCUT2D eigenvalue weighted by Crippen LogP contribution is -2.40. The number of amides is 1. The molecule has 3 N–H and O–H groups in total. The molecule has 1 atom stereocenters. The summed E-state index contributed by atoms with van der Waals surface area (Å²) in [6.45, 7) is 2.47. The lowest BCUT2D eigenvalue weighted by Gasteiger charge is -2.31. The van der Waals surface area contributed by atoms with E-state index in [1.165, 1.54) is 16.9 Å². The van der Waals surface area contributed by atoms with E-state index in [1.807, 2.05) is 42.6 Å². The van der Waals surface area contributed by atoms with Crippen molar-refractivity contribution in [3.05, 3.63) is 54.2 Å². The van der Waals surface area contributed by atoms with E-state index in [0.717, 1.165) is 52.8 Å². The van der Waals surface area contributed by atoms with Gasteiger partial charge in [-0.2, -0.15) is 0 Å². The van der Waals surface area contributed by atoms with Gasteiger partial charge in [-0.15, -0.1) is 0 Å². The number of likely N-dealkylation sites (tertiary alicyclic amines) is 1. The number of H-pyrrole nitrogens is 1. The summed E-state index contributed by atoms with van der Waals surface area (Å²) in [4.78, 5) is 21.2. The second-order valence-corrected chi connectivity index (χ2v) is 8.50. The van der Waals surface area contributed by atoms with Gasteiger partial charge in [-0.3, -0.25) is 4.90 Å². The smallest absolute Gasteiger partial charge is 0.404 e. The van der Waals surface area contributed by atoms with Gasteiger partial charge in [0, 0.05) is 36.3 Å². The van der Waals surface area contributed by atoms with Crippen molar-refractivity contribution in [3.8, 4) is 10.9 Å². The molecule has 0 radical (unpaired) electrons. The van der Waals surface area contributed by atoms with Crippen molar-refractivity contribution in [1.82, 2.24) is 14.9 Å². The molecule has 0 unspecified atom stereocenters. The van der Waals surface area contributed by atoms with Crippen LogP contribution in [0.3, 0.4) is 0 Å². The minimum absolute atomic E-state index is 0.129. The molecule has 0 bridgehead atoms. The number of aromatic nitrogens is 2. The van der Waals surface area contributed by atoms with Crippen LogP contribution in [0.4, 0.5) is 4.79 Å². The number of carbonyl (C=O) groups is 1. The number of para-hydroxylation sites is 1. The van der Waals surface area contributed by atoms with Crippen LogP contribution < -0.4 is 10.5 Å². The van der Waals surface area contributed by atoms with E-state index < -0.39 is 6.09 Å². The highest BCUT2D eigenvalue weighted by atomic mass is 32.1. The van der Waals surface area contributed by atoms with E-state index in [1.54, 1.807) is 0 Å². The van der Waals surface area contributed by atoms with Crippen LogP contribution in [0.25, 0.3) is 21.1 Å². The lowest BCUT2D eigenvalue weighted by molar-refractivity contribution is 0.0448. The maximum absolute atomic E-state index is 11.0. The molecule has 8 heteroatoms. The monoisotopic (exact) mass is 422 g/mol. The quantitative estimate of drug-likeness (QED) is 0.489. The summed E-state index contributed by atoms with van der Waals surface area (Å²) in [7, 11) is 0. The second-order valence-electron chi connectivity index (χ2n) is 7.51. The Morgan fingerprint density at radius 1 is 1.30 bits per heavy atom. The van der Waals surface area contributed by atoms with Crippen LogP contribution in [0, 0.1) is 0 Å². The fourth-order valence-corrected chi connectivity index (χ4v) is 4.85. The Kier molecular flexibility index (Phi) is 5.02. The fourth-order valence-electron chi connectivity index (χ4n) is 4.01. The van der Waals surface area contributed by atoms with Crippen molar-refractivity contribution in [1.29, 1.82) is 0 Å². The van der Waals surface area contributed by atoms with Crippen LogP contribution in [0.5, 0.6) is 10.9 Å². The van der Waals surface area contributed by atoms with E-state index in [0.29, 0.717) is 11.7 Å². The van der Waals surface area contributed by atoms with Crippen molar-refractivity contribution in [2.75, 3.05) is 13.1 Å². The second kappa shape index (κ2) is 7.97. The fraction of sp³-hybridized carbons (Fsp3) is 0.273. The first-order valence-corrected chi connectivity index (χ1v) is 10.8. The third kappa shape index (κ3) is 3.96. The van der Waals surface area contributed by atoms with Gasteiger partial charge in [-0.25, -0.2) is 9.78 Å². The minimum atomic E-state index is -0.699. The van der Waals surface area contributed by atoms with E-state index in [9.17, 15) is 4.79 Å². The van der Waals surface area contributed by atoms with Crippen molar-refractivity contribution in [2.24, 2.45) is 5.73 Å². The first-order valence-electron chi connectivity index (χ1n) is 9.96. The maximum atomic E-state index is 11.0. The summed E-state index contributed by atoms with van der Waals surface area (Å²) < 4.78 is 12.3. The zero-order valence-corrected chi connectivity index (χ0v) is 17.2. The van der Waals surface area contributed by atoms with E-state index in [4.69, 9.17) is 15.2 Å². The Balaban J connectivity index is 1.30. The predicted molar refractivity (Wildman–Crippen MR) is 117 cm³/mol. The normalized spacial score (nSPS) is 17.4. The summed E-state index contributed by atoms with van der Waals surface area (Å²) >= 11 is 1.54. The predicted octanol–water partition coefficient (Wildman–Crippen LogP) is 4.63. The Morgan fingerprint density at radius 2 is 2.20 bits per heavy atom. The topological polar surface area (TPSA) is 93.5 Å². The SMILES string of the molecule is NC(=O)O[C@H]1CCCN(Cc2c[nH]c3cc(Oc4nc5ccccc5s4)ccc23)C1. The largest absolute Gasteiger partial charge is 0.445 e. The molecular formula is C22H22N4O3S. The number of aromatic amines is 1. The van der Waals surface area contributed by atoms with Crippen molar-refractivity contribution >= 4 is 38.5 Å². The van der Waals surface area contributed by atoms with Gasteiger partial charge < -0.3 is 20.2 Å². The van der Waals surface area contributed by atoms with Gasteiger partial charge in [-0.05, 0) is 49.2 Å². The molecule has 1 saturated heterocycles. The molecule has 5 rings (SSSR count). The molecule has 2 aromatic heterocycles. The van der Waals surface area contributed by atoms with Gasteiger partial charge in [0.15, 0.2) is 0 Å². The number of rotatable bonds is 5. The number of carbonyl (C=O) groups excluding carboxylic acids is 1. The molecule has 1 fully saturated rings. The number of nitrogens with zero attached hydrogens (tertiary/aromatic N) is 2. The highest BCUT2D eigenvalue weighted by Gasteiger charge is 2.23. The molecular weight excluding hydrogens is 400 g/mol. The Morgan fingerprint density at radius 3 is 3.07 bits per heavy atom. The Bertz CT molecular complexity index is 1170. The number of benzene rings is 2. The number of thiazole rings is 1. The molecule has 1 aliphatic rings. The van der Waals surface area contributed by atoms with Crippen LogP contribution in [0.15, 0.2) is 48.7 Å². The van der Waals surface area contributed by atoms with Crippen LogP contribution in [0.2, 0.25) is 0 Å². The maximum Gasteiger partial charge on any atom is 0.404 e. The van der Waals surface area contributed by atoms with Gasteiger partial charge >= 0.3 is 6.09 Å². The average Bonchev–Trinajstić information content (AvgIpc) is 3.31. The van der Waals surface area contributed by atoms with E-state index in [2.05, 4.69) is 20.9 Å². The minimum Gasteiger partial charge on any atom is -0.445 e. The Labute approximate surface area is 177 Å². The molecule has 0 saturated carbocycles. The summed E-state index contributed by atoms with van der Waals surface area (Å²) in [5.41, 5.74) is 8.34. The number of hydrogen-bond donors (Lipinski definition) is 2. The first-order chi connectivity index (χ1) is 14.6. The molecule has 1 aliphatic heterocycles. The van der Waals surface area contributed by atoms with Gasteiger partial charge in [-0.1, -0.05) is 23.5 Å². The summed E-state index contributed by atoms with van der Waals surface area (Å²) in [5, 5.41) is 1.79. The zero-order valence-electron chi connectivity index (χ0n) is 16.3. The van der Waals surface area contributed by atoms with E-state index in [-0.39, 0.29) is 6.10 Å². The number of fused-ring (bicyclic) bond motifs is 2. The molecule has 2 aromatic carbocycles. The number of primary amides is 1. The molecule has 1 amide bonds. The van der Waals surface area contributed by atoms with Crippen molar-refractivity contribution in [2.45, 2.75) is 25.5 Å². The third-order valence-electron chi connectivity index (χ3n) is 5.36. The van der Waals surface area contributed by atoms with Crippen LogP contribution in [0.1, 0.15) is 18.4 Å². The van der Waals surface area contributed by atoms with Crippen molar-refractivity contribution in [3.63, 3.8) is 0 Å². The van der Waals surface area contributed by atoms with Crippen molar-refractivity contribution < 1.29 is 14.3 Å².